The zero-order valence-electron chi connectivity index (χ0n) is 5.22. The fourth-order valence-electron chi connectivity index (χ4n) is 0.667. The lowest BCUT2D eigenvalue weighted by molar-refractivity contribution is 0.502. The van der Waals surface area contributed by atoms with Crippen LogP contribution < -0.4 is 4.78 Å². The van der Waals surface area contributed by atoms with E-state index in [2.05, 4.69) is 0 Å². The summed E-state index contributed by atoms with van der Waals surface area (Å²) in [4.78, 5) is 0. The zero-order chi connectivity index (χ0) is 8.48. The fourth-order valence-corrected chi connectivity index (χ4v) is 1.41. The van der Waals surface area contributed by atoms with Crippen molar-refractivity contribution in [1.29, 1.82) is 5.26 Å². The Balaban J connectivity index is 3.15. The van der Waals surface area contributed by atoms with E-state index in [1.807, 2.05) is 0 Å². The Hall–Kier alpha value is -0.955. The lowest BCUT2D eigenvalue weighted by Gasteiger charge is -2.11. The minimum absolute atomic E-state index is 0.275. The summed E-state index contributed by atoms with van der Waals surface area (Å²) in [7, 11) is 0. The standard InChI is InChI=1S/C5H2BF3NS/c7-6(8,9)5-4(3-10)1-2-11-5/h1-2H/q-1. The highest BCUT2D eigenvalue weighted by Gasteiger charge is 2.29. The van der Waals surface area contributed by atoms with Crippen LogP contribution in [0.5, 0.6) is 0 Å². The van der Waals surface area contributed by atoms with Crippen molar-refractivity contribution >= 4 is 23.1 Å². The first kappa shape index (κ1) is 8.14. The van der Waals surface area contributed by atoms with Gasteiger partial charge in [0, 0.05) is 5.56 Å². The monoisotopic (exact) mass is 176 g/mol. The van der Waals surface area contributed by atoms with Gasteiger partial charge in [-0.1, -0.05) is 0 Å². The quantitative estimate of drug-likeness (QED) is 0.597. The molecular formula is C5H2BF3NS-. The van der Waals surface area contributed by atoms with Gasteiger partial charge in [-0.2, -0.15) is 16.6 Å². The van der Waals surface area contributed by atoms with Crippen molar-refractivity contribution in [3.05, 3.63) is 17.0 Å². The molecule has 0 fully saturated rings. The number of nitrogens with zero attached hydrogens (tertiary/aromatic N) is 1. The third-order valence-electron chi connectivity index (χ3n) is 1.11. The maximum Gasteiger partial charge on any atom is 0.520 e. The Kier molecular flexibility index (Phi) is 1.91. The minimum atomic E-state index is -5.00. The van der Waals surface area contributed by atoms with Crippen molar-refractivity contribution in [2.75, 3.05) is 0 Å². The van der Waals surface area contributed by atoms with Crippen molar-refractivity contribution < 1.29 is 12.9 Å². The normalized spacial score (nSPS) is 11.1. The average molecular weight is 176 g/mol. The molecule has 0 atom stereocenters. The Morgan fingerprint density at radius 1 is 1.45 bits per heavy atom. The zero-order valence-corrected chi connectivity index (χ0v) is 6.04. The molecule has 1 aromatic heterocycles. The van der Waals surface area contributed by atoms with Crippen LogP contribution in [-0.2, 0) is 0 Å². The molecule has 0 N–H and O–H groups in total. The molecule has 0 aromatic carbocycles. The van der Waals surface area contributed by atoms with Gasteiger partial charge in [0.15, 0.2) is 0 Å². The number of nitriles is 1. The lowest BCUT2D eigenvalue weighted by Crippen LogP contribution is -2.33. The topological polar surface area (TPSA) is 23.8 Å². The first-order valence-corrected chi connectivity index (χ1v) is 3.61. The minimum Gasteiger partial charge on any atom is -0.444 e. The first-order valence-electron chi connectivity index (χ1n) is 2.73. The number of rotatable bonds is 1. The van der Waals surface area contributed by atoms with Crippen LogP contribution in [0.4, 0.5) is 12.9 Å². The summed E-state index contributed by atoms with van der Waals surface area (Å²) in [6.07, 6.45) is 0. The number of hydrogen-bond acceptors (Lipinski definition) is 2. The smallest absolute Gasteiger partial charge is 0.444 e. The summed E-state index contributed by atoms with van der Waals surface area (Å²) in [5, 5.41) is 9.50. The highest BCUT2D eigenvalue weighted by Crippen LogP contribution is 2.15. The van der Waals surface area contributed by atoms with E-state index in [1.54, 1.807) is 0 Å². The van der Waals surface area contributed by atoms with Gasteiger partial charge in [0.05, 0.1) is 6.07 Å². The Morgan fingerprint density at radius 3 is 2.45 bits per heavy atom. The van der Waals surface area contributed by atoms with Crippen LogP contribution in [0.3, 0.4) is 0 Å². The van der Waals surface area contributed by atoms with E-state index >= 15 is 0 Å². The Labute approximate surface area is 65.1 Å². The number of halogens is 3. The van der Waals surface area contributed by atoms with E-state index < -0.39 is 11.8 Å². The van der Waals surface area contributed by atoms with Crippen LogP contribution in [-0.4, -0.2) is 6.98 Å². The van der Waals surface area contributed by atoms with Crippen LogP contribution in [0.2, 0.25) is 0 Å². The predicted octanol–water partition coefficient (Wildman–Crippen LogP) is 1.67. The third kappa shape index (κ3) is 1.55. The summed E-state index contributed by atoms with van der Waals surface area (Å²) < 4.78 is 35.2. The van der Waals surface area contributed by atoms with E-state index in [1.165, 1.54) is 17.5 Å². The second kappa shape index (κ2) is 2.59. The molecule has 1 aromatic rings. The van der Waals surface area contributed by atoms with Gasteiger partial charge in [0.25, 0.3) is 0 Å². The van der Waals surface area contributed by atoms with E-state index in [0.717, 1.165) is 0 Å². The molecule has 0 bridgehead atoms. The summed E-state index contributed by atoms with van der Waals surface area (Å²) >= 11 is 0.561. The first-order chi connectivity index (χ1) is 5.05. The molecule has 0 aliphatic rings. The Bertz CT molecular complexity index is 297. The predicted molar refractivity (Wildman–Crippen MR) is 37.7 cm³/mol. The van der Waals surface area contributed by atoms with Crippen molar-refractivity contribution in [2.24, 2.45) is 0 Å². The van der Waals surface area contributed by atoms with Crippen LogP contribution in [0.25, 0.3) is 0 Å². The lowest BCUT2D eigenvalue weighted by atomic mass is 9.86. The van der Waals surface area contributed by atoms with Gasteiger partial charge in [-0.05, 0) is 16.2 Å². The molecule has 6 heteroatoms. The molecule has 0 amide bonds. The highest BCUT2D eigenvalue weighted by atomic mass is 32.1. The molecule has 0 radical (unpaired) electrons. The second-order valence-corrected chi connectivity index (χ2v) is 2.83. The van der Waals surface area contributed by atoms with Crippen LogP contribution >= 0.6 is 11.3 Å². The second-order valence-electron chi connectivity index (χ2n) is 1.89. The number of hydrogen-bond donors (Lipinski definition) is 0. The molecule has 0 aliphatic carbocycles. The van der Waals surface area contributed by atoms with Crippen molar-refractivity contribution in [3.63, 3.8) is 0 Å². The molecule has 11 heavy (non-hydrogen) atoms. The molecule has 0 aliphatic heterocycles. The van der Waals surface area contributed by atoms with Crippen LogP contribution in [0.15, 0.2) is 11.4 Å². The van der Waals surface area contributed by atoms with Gasteiger partial charge < -0.3 is 12.9 Å². The maximum atomic E-state index is 12.0. The van der Waals surface area contributed by atoms with E-state index in [9.17, 15) is 12.9 Å². The summed E-state index contributed by atoms with van der Waals surface area (Å²) in [6, 6.07) is 2.66. The van der Waals surface area contributed by atoms with E-state index in [-0.39, 0.29) is 5.56 Å². The van der Waals surface area contributed by atoms with Crippen molar-refractivity contribution in [3.8, 4) is 6.07 Å². The number of thiophene rings is 1. The molecule has 1 nitrogen and oxygen atoms in total. The summed E-state index contributed by atoms with van der Waals surface area (Å²) in [6.45, 7) is -5.00. The molecule has 1 heterocycles. The van der Waals surface area contributed by atoms with Gasteiger partial charge in [-0.15, -0.1) is 0 Å². The molecule has 58 valence electrons. The van der Waals surface area contributed by atoms with E-state index in [4.69, 9.17) is 5.26 Å². The fraction of sp³-hybridized carbons (Fsp3) is 0. The molecule has 0 unspecified atom stereocenters. The summed E-state index contributed by atoms with van der Waals surface area (Å²) in [5.41, 5.74) is -0.275. The van der Waals surface area contributed by atoms with Crippen molar-refractivity contribution in [2.45, 2.75) is 0 Å². The molecule has 0 saturated carbocycles. The maximum absolute atomic E-state index is 12.0. The highest BCUT2D eigenvalue weighted by molar-refractivity contribution is 7.22. The molecule has 1 rings (SSSR count). The Morgan fingerprint density at radius 2 is 2.09 bits per heavy atom. The largest absolute Gasteiger partial charge is 0.520 e. The van der Waals surface area contributed by atoms with E-state index in [0.29, 0.717) is 11.3 Å². The summed E-state index contributed by atoms with van der Waals surface area (Å²) in [5.74, 6) is 0. The molecular weight excluding hydrogens is 174 g/mol. The van der Waals surface area contributed by atoms with Gasteiger partial charge in [0.2, 0.25) is 0 Å². The van der Waals surface area contributed by atoms with Gasteiger partial charge >= 0.3 is 6.98 Å². The molecule has 0 saturated heterocycles. The van der Waals surface area contributed by atoms with Gasteiger partial charge in [0.1, 0.15) is 0 Å². The van der Waals surface area contributed by atoms with Gasteiger partial charge in [-0.25, -0.2) is 0 Å². The van der Waals surface area contributed by atoms with Gasteiger partial charge in [-0.3, -0.25) is 0 Å². The molecule has 0 spiro atoms. The van der Waals surface area contributed by atoms with Crippen molar-refractivity contribution in [1.82, 2.24) is 0 Å². The van der Waals surface area contributed by atoms with Crippen LogP contribution in [0, 0.1) is 11.3 Å². The SMILES string of the molecule is N#Cc1ccsc1[B-](F)(F)F. The average Bonchev–Trinajstić information content (AvgIpc) is 2.31. The van der Waals surface area contributed by atoms with Crippen LogP contribution in [0.1, 0.15) is 5.56 Å². The third-order valence-corrected chi connectivity index (χ3v) is 2.13.